The number of nitrogens with zero attached hydrogens (tertiary/aromatic N) is 1. The zero-order valence-electron chi connectivity index (χ0n) is 8.35. The lowest BCUT2D eigenvalue weighted by Gasteiger charge is -2.33. The van der Waals surface area contributed by atoms with E-state index < -0.39 is 12.1 Å². The fourth-order valence-corrected chi connectivity index (χ4v) is 1.50. The van der Waals surface area contributed by atoms with Crippen LogP contribution < -0.4 is 5.73 Å². The standard InChI is InChI=1S/C9H14N2O4/c10-9(14)11-3-5-15-6-7(11)8(13)2-1-4-12/h4,7H,1-3,5-6H2,(H2,10,14). The number of amides is 2. The van der Waals surface area contributed by atoms with Crippen molar-refractivity contribution in [2.75, 3.05) is 19.8 Å². The third-order valence-corrected chi connectivity index (χ3v) is 2.29. The predicted octanol–water partition coefficient (Wildman–Crippen LogP) is -0.686. The van der Waals surface area contributed by atoms with E-state index in [0.717, 1.165) is 0 Å². The maximum atomic E-state index is 11.6. The summed E-state index contributed by atoms with van der Waals surface area (Å²) in [5.41, 5.74) is 5.13. The van der Waals surface area contributed by atoms with Crippen LogP contribution in [0.3, 0.4) is 0 Å². The molecule has 0 radical (unpaired) electrons. The first-order valence-electron chi connectivity index (χ1n) is 4.77. The van der Waals surface area contributed by atoms with Gasteiger partial charge in [0.05, 0.1) is 13.2 Å². The SMILES string of the molecule is NC(=O)N1CCOCC1C(=O)CCC=O. The summed E-state index contributed by atoms with van der Waals surface area (Å²) in [6.45, 7) is 0.883. The van der Waals surface area contributed by atoms with Crippen molar-refractivity contribution in [2.45, 2.75) is 18.9 Å². The molecule has 0 spiro atoms. The molecular weight excluding hydrogens is 200 g/mol. The molecule has 0 aromatic rings. The number of morpholine rings is 1. The van der Waals surface area contributed by atoms with Gasteiger partial charge < -0.3 is 20.2 Å². The van der Waals surface area contributed by atoms with Gasteiger partial charge >= 0.3 is 6.03 Å². The molecule has 0 saturated carbocycles. The highest BCUT2D eigenvalue weighted by molar-refractivity contribution is 5.89. The van der Waals surface area contributed by atoms with Crippen molar-refractivity contribution >= 4 is 18.1 Å². The molecule has 1 unspecified atom stereocenters. The van der Waals surface area contributed by atoms with Crippen LogP contribution in [0.1, 0.15) is 12.8 Å². The van der Waals surface area contributed by atoms with Crippen molar-refractivity contribution in [2.24, 2.45) is 5.73 Å². The lowest BCUT2D eigenvalue weighted by atomic mass is 10.1. The van der Waals surface area contributed by atoms with Gasteiger partial charge in [0.25, 0.3) is 0 Å². The van der Waals surface area contributed by atoms with Crippen LogP contribution in [0.4, 0.5) is 4.79 Å². The molecule has 0 aliphatic carbocycles. The van der Waals surface area contributed by atoms with E-state index in [9.17, 15) is 14.4 Å². The van der Waals surface area contributed by atoms with Crippen molar-refractivity contribution in [1.82, 2.24) is 4.90 Å². The maximum absolute atomic E-state index is 11.6. The summed E-state index contributed by atoms with van der Waals surface area (Å²) in [4.78, 5) is 34.0. The molecule has 2 amide bonds. The lowest BCUT2D eigenvalue weighted by Crippen LogP contribution is -2.54. The Kier molecular flexibility index (Phi) is 4.23. The van der Waals surface area contributed by atoms with Crippen LogP contribution in [0.15, 0.2) is 0 Å². The number of primary amides is 1. The molecule has 84 valence electrons. The second-order valence-corrected chi connectivity index (χ2v) is 3.29. The maximum Gasteiger partial charge on any atom is 0.315 e. The summed E-state index contributed by atoms with van der Waals surface area (Å²) >= 11 is 0. The Morgan fingerprint density at radius 2 is 2.27 bits per heavy atom. The topological polar surface area (TPSA) is 89.7 Å². The average molecular weight is 214 g/mol. The summed E-state index contributed by atoms with van der Waals surface area (Å²) in [7, 11) is 0. The molecule has 1 saturated heterocycles. The molecule has 0 aromatic carbocycles. The molecule has 15 heavy (non-hydrogen) atoms. The van der Waals surface area contributed by atoms with Crippen molar-refractivity contribution < 1.29 is 19.1 Å². The number of hydrogen-bond donors (Lipinski definition) is 1. The van der Waals surface area contributed by atoms with Crippen molar-refractivity contribution in [1.29, 1.82) is 0 Å². The first kappa shape index (κ1) is 11.6. The third kappa shape index (κ3) is 3.02. The van der Waals surface area contributed by atoms with E-state index >= 15 is 0 Å². The summed E-state index contributed by atoms with van der Waals surface area (Å²) in [6, 6.07) is -1.25. The van der Waals surface area contributed by atoms with Gasteiger partial charge in [0, 0.05) is 19.4 Å². The summed E-state index contributed by atoms with van der Waals surface area (Å²) in [5, 5.41) is 0. The van der Waals surface area contributed by atoms with Gasteiger partial charge in [-0.1, -0.05) is 0 Å². The van der Waals surface area contributed by atoms with E-state index in [1.54, 1.807) is 0 Å². The summed E-state index contributed by atoms with van der Waals surface area (Å²) < 4.78 is 5.10. The Morgan fingerprint density at radius 3 is 2.87 bits per heavy atom. The smallest absolute Gasteiger partial charge is 0.315 e. The van der Waals surface area contributed by atoms with Crippen LogP contribution in [-0.4, -0.2) is 48.8 Å². The zero-order valence-corrected chi connectivity index (χ0v) is 8.35. The Hall–Kier alpha value is -1.43. The van der Waals surface area contributed by atoms with Gasteiger partial charge in [-0.05, 0) is 0 Å². The highest BCUT2D eigenvalue weighted by Crippen LogP contribution is 2.09. The second kappa shape index (κ2) is 5.45. The molecule has 1 aliphatic rings. The first-order chi connectivity index (χ1) is 7.16. The Labute approximate surface area is 87.4 Å². The number of ketones is 1. The second-order valence-electron chi connectivity index (χ2n) is 3.29. The van der Waals surface area contributed by atoms with Crippen molar-refractivity contribution in [3.63, 3.8) is 0 Å². The minimum Gasteiger partial charge on any atom is -0.377 e. The number of nitrogens with two attached hydrogens (primary N) is 1. The fourth-order valence-electron chi connectivity index (χ4n) is 1.50. The van der Waals surface area contributed by atoms with Gasteiger partial charge in [-0.3, -0.25) is 4.79 Å². The van der Waals surface area contributed by atoms with Crippen LogP contribution in [0, 0.1) is 0 Å². The largest absolute Gasteiger partial charge is 0.377 e. The number of rotatable bonds is 4. The van der Waals surface area contributed by atoms with Crippen molar-refractivity contribution in [3.8, 4) is 0 Å². The number of Topliss-reactive ketones (excluding diaryl/α,β-unsaturated/α-hetero) is 1. The molecule has 6 nitrogen and oxygen atoms in total. The fraction of sp³-hybridized carbons (Fsp3) is 0.667. The van der Waals surface area contributed by atoms with E-state index in [0.29, 0.717) is 19.4 Å². The minimum absolute atomic E-state index is 0.126. The van der Waals surface area contributed by atoms with Gasteiger partial charge in [-0.15, -0.1) is 0 Å². The molecule has 1 rings (SSSR count). The first-order valence-corrected chi connectivity index (χ1v) is 4.77. The van der Waals surface area contributed by atoms with E-state index in [-0.39, 0.29) is 25.2 Å². The van der Waals surface area contributed by atoms with E-state index in [1.165, 1.54) is 4.90 Å². The van der Waals surface area contributed by atoms with Gasteiger partial charge in [-0.2, -0.15) is 0 Å². The molecular formula is C9H14N2O4. The average Bonchev–Trinajstić information content (AvgIpc) is 2.25. The van der Waals surface area contributed by atoms with Gasteiger partial charge in [-0.25, -0.2) is 4.79 Å². The predicted molar refractivity (Wildman–Crippen MR) is 51.2 cm³/mol. The van der Waals surface area contributed by atoms with E-state index in [2.05, 4.69) is 0 Å². The highest BCUT2D eigenvalue weighted by Gasteiger charge is 2.30. The van der Waals surface area contributed by atoms with Crippen LogP contribution >= 0.6 is 0 Å². The molecule has 6 heteroatoms. The Morgan fingerprint density at radius 1 is 1.53 bits per heavy atom. The molecule has 1 aliphatic heterocycles. The van der Waals surface area contributed by atoms with Crippen molar-refractivity contribution in [3.05, 3.63) is 0 Å². The lowest BCUT2D eigenvalue weighted by molar-refractivity contribution is -0.129. The third-order valence-electron chi connectivity index (χ3n) is 2.29. The van der Waals surface area contributed by atoms with Crippen LogP contribution in [0.2, 0.25) is 0 Å². The van der Waals surface area contributed by atoms with Gasteiger partial charge in [0.1, 0.15) is 12.3 Å². The molecule has 0 aromatic heterocycles. The number of ether oxygens (including phenoxy) is 1. The highest BCUT2D eigenvalue weighted by atomic mass is 16.5. The quantitative estimate of drug-likeness (QED) is 0.627. The van der Waals surface area contributed by atoms with E-state index in [1.807, 2.05) is 0 Å². The zero-order chi connectivity index (χ0) is 11.3. The summed E-state index contributed by atoms with van der Waals surface area (Å²) in [5.74, 6) is -0.180. The van der Waals surface area contributed by atoms with Gasteiger partial charge in [0.15, 0.2) is 5.78 Å². The number of hydrogen-bond acceptors (Lipinski definition) is 4. The molecule has 1 atom stereocenters. The number of aldehydes is 1. The minimum atomic E-state index is -0.629. The van der Waals surface area contributed by atoms with Crippen LogP contribution in [0.5, 0.6) is 0 Å². The molecule has 0 bridgehead atoms. The Balaban J connectivity index is 2.58. The number of urea groups is 1. The van der Waals surface area contributed by atoms with E-state index in [4.69, 9.17) is 10.5 Å². The molecule has 2 N–H and O–H groups in total. The Bertz CT molecular complexity index is 267. The van der Waals surface area contributed by atoms with Crippen LogP contribution in [-0.2, 0) is 14.3 Å². The molecule has 1 fully saturated rings. The normalized spacial score (nSPS) is 21.1. The van der Waals surface area contributed by atoms with Crippen LogP contribution in [0.25, 0.3) is 0 Å². The number of carbonyl (C=O) groups excluding carboxylic acids is 3. The summed E-state index contributed by atoms with van der Waals surface area (Å²) in [6.07, 6.45) is 0.972. The molecule has 1 heterocycles. The van der Waals surface area contributed by atoms with Gasteiger partial charge in [0.2, 0.25) is 0 Å². The number of carbonyl (C=O) groups is 3. The monoisotopic (exact) mass is 214 g/mol.